The van der Waals surface area contributed by atoms with E-state index in [1.807, 2.05) is 24.3 Å². The minimum Gasteiger partial charge on any atom is -0.493 e. The van der Waals surface area contributed by atoms with Crippen LogP contribution in [0.25, 0.3) is 0 Å². The summed E-state index contributed by atoms with van der Waals surface area (Å²) in [5.74, 6) is 0.361. The van der Waals surface area contributed by atoms with E-state index >= 15 is 0 Å². The molecule has 0 fully saturated rings. The average molecular weight is 288 g/mol. The summed E-state index contributed by atoms with van der Waals surface area (Å²) >= 11 is 0. The van der Waals surface area contributed by atoms with E-state index in [4.69, 9.17) is 4.74 Å². The van der Waals surface area contributed by atoms with E-state index in [1.165, 1.54) is 11.0 Å². The van der Waals surface area contributed by atoms with Gasteiger partial charge in [0.05, 0.1) is 19.2 Å². The van der Waals surface area contributed by atoms with Crippen LogP contribution in [-0.2, 0) is 9.59 Å². The second kappa shape index (κ2) is 6.92. The van der Waals surface area contributed by atoms with E-state index in [2.05, 4.69) is 11.9 Å². The van der Waals surface area contributed by atoms with Gasteiger partial charge in [0, 0.05) is 12.6 Å². The largest absolute Gasteiger partial charge is 0.493 e. The SMILES string of the molecule is C=CC(=O)N(C)CC(=O)NC1CCCOc2ccccc21. The molecule has 1 heterocycles. The van der Waals surface area contributed by atoms with Crippen LogP contribution >= 0.6 is 0 Å². The van der Waals surface area contributed by atoms with Crippen LogP contribution in [-0.4, -0.2) is 36.9 Å². The maximum Gasteiger partial charge on any atom is 0.246 e. The van der Waals surface area contributed by atoms with Gasteiger partial charge in [-0.3, -0.25) is 9.59 Å². The lowest BCUT2D eigenvalue weighted by Gasteiger charge is -2.20. The van der Waals surface area contributed by atoms with Gasteiger partial charge < -0.3 is 15.0 Å². The predicted molar refractivity (Wildman–Crippen MR) is 79.9 cm³/mol. The number of amides is 2. The maximum absolute atomic E-state index is 12.1. The van der Waals surface area contributed by atoms with Gasteiger partial charge in [-0.05, 0) is 25.0 Å². The highest BCUT2D eigenvalue weighted by atomic mass is 16.5. The molecule has 1 atom stereocenters. The number of likely N-dealkylation sites (N-methyl/N-ethyl adjacent to an activating group) is 1. The van der Waals surface area contributed by atoms with Gasteiger partial charge in [-0.1, -0.05) is 24.8 Å². The highest BCUT2D eigenvalue weighted by Crippen LogP contribution is 2.30. The molecule has 1 aromatic carbocycles. The first-order valence-corrected chi connectivity index (χ1v) is 7.00. The maximum atomic E-state index is 12.1. The van der Waals surface area contributed by atoms with Gasteiger partial charge in [-0.2, -0.15) is 0 Å². The molecule has 0 aliphatic carbocycles. The number of fused-ring (bicyclic) bond motifs is 1. The molecule has 0 spiro atoms. The summed E-state index contributed by atoms with van der Waals surface area (Å²) in [5, 5.41) is 2.98. The quantitative estimate of drug-likeness (QED) is 0.857. The van der Waals surface area contributed by atoms with Crippen molar-refractivity contribution in [3.8, 4) is 5.75 Å². The minimum absolute atomic E-state index is 0.0182. The summed E-state index contributed by atoms with van der Waals surface area (Å²) in [6.07, 6.45) is 2.89. The number of benzene rings is 1. The van der Waals surface area contributed by atoms with E-state index in [1.54, 1.807) is 7.05 Å². The first-order valence-electron chi connectivity index (χ1n) is 7.00. The van der Waals surface area contributed by atoms with Crippen molar-refractivity contribution in [2.24, 2.45) is 0 Å². The lowest BCUT2D eigenvalue weighted by atomic mass is 10.0. The third-order valence-electron chi connectivity index (χ3n) is 3.46. The molecule has 2 amide bonds. The van der Waals surface area contributed by atoms with Gasteiger partial charge in [0.15, 0.2) is 0 Å². The normalized spacial score (nSPS) is 16.9. The highest BCUT2D eigenvalue weighted by Gasteiger charge is 2.21. The third kappa shape index (κ3) is 3.84. The molecule has 5 nitrogen and oxygen atoms in total. The fraction of sp³-hybridized carbons (Fsp3) is 0.375. The van der Waals surface area contributed by atoms with Crippen LogP contribution in [0.15, 0.2) is 36.9 Å². The van der Waals surface area contributed by atoms with E-state index in [-0.39, 0.29) is 24.4 Å². The molecule has 0 bridgehead atoms. The number of nitrogens with one attached hydrogen (secondary N) is 1. The zero-order valence-electron chi connectivity index (χ0n) is 12.2. The van der Waals surface area contributed by atoms with Crippen LogP contribution < -0.4 is 10.1 Å². The van der Waals surface area contributed by atoms with Crippen LogP contribution in [0, 0.1) is 0 Å². The molecule has 0 saturated heterocycles. The van der Waals surface area contributed by atoms with Crippen LogP contribution in [0.3, 0.4) is 0 Å². The van der Waals surface area contributed by atoms with Crippen molar-refractivity contribution in [3.63, 3.8) is 0 Å². The second-order valence-electron chi connectivity index (χ2n) is 5.05. The summed E-state index contributed by atoms with van der Waals surface area (Å²) in [4.78, 5) is 24.8. The zero-order valence-corrected chi connectivity index (χ0v) is 12.2. The average Bonchev–Trinajstić information content (AvgIpc) is 2.69. The number of hydrogen-bond donors (Lipinski definition) is 1. The highest BCUT2D eigenvalue weighted by molar-refractivity contribution is 5.90. The summed E-state index contributed by atoms with van der Waals surface area (Å²) in [7, 11) is 1.58. The molecule has 1 aromatic rings. The van der Waals surface area contributed by atoms with E-state index in [0.29, 0.717) is 6.61 Å². The minimum atomic E-state index is -0.269. The second-order valence-corrected chi connectivity index (χ2v) is 5.05. The number of carbonyl (C=O) groups is 2. The van der Waals surface area contributed by atoms with Gasteiger partial charge in [-0.15, -0.1) is 0 Å². The lowest BCUT2D eigenvalue weighted by Crippen LogP contribution is -2.39. The Morgan fingerprint density at radius 3 is 3.00 bits per heavy atom. The topological polar surface area (TPSA) is 58.6 Å². The molecule has 1 aliphatic heterocycles. The predicted octanol–water partition coefficient (Wildman–Crippen LogP) is 1.66. The Morgan fingerprint density at radius 1 is 1.48 bits per heavy atom. The van der Waals surface area contributed by atoms with Gasteiger partial charge in [0.1, 0.15) is 5.75 Å². The molecule has 112 valence electrons. The Morgan fingerprint density at radius 2 is 2.24 bits per heavy atom. The van der Waals surface area contributed by atoms with Crippen LogP contribution in [0.5, 0.6) is 5.75 Å². The van der Waals surface area contributed by atoms with Gasteiger partial charge in [-0.25, -0.2) is 0 Å². The van der Waals surface area contributed by atoms with Crippen molar-refractivity contribution in [1.82, 2.24) is 10.2 Å². The number of para-hydroxylation sites is 1. The van der Waals surface area contributed by atoms with Crippen molar-refractivity contribution in [3.05, 3.63) is 42.5 Å². The first-order chi connectivity index (χ1) is 10.1. The third-order valence-corrected chi connectivity index (χ3v) is 3.46. The number of rotatable bonds is 4. The van der Waals surface area contributed by atoms with Crippen molar-refractivity contribution >= 4 is 11.8 Å². The monoisotopic (exact) mass is 288 g/mol. The van der Waals surface area contributed by atoms with Crippen molar-refractivity contribution in [2.45, 2.75) is 18.9 Å². The van der Waals surface area contributed by atoms with Gasteiger partial charge in [0.25, 0.3) is 0 Å². The number of carbonyl (C=O) groups excluding carboxylic acids is 2. The van der Waals surface area contributed by atoms with E-state index < -0.39 is 0 Å². The van der Waals surface area contributed by atoms with Gasteiger partial charge >= 0.3 is 0 Å². The van der Waals surface area contributed by atoms with E-state index in [0.717, 1.165) is 24.2 Å². The van der Waals surface area contributed by atoms with Crippen LogP contribution in [0.2, 0.25) is 0 Å². The molecule has 1 aliphatic rings. The standard InChI is InChI=1S/C16H20N2O3/c1-3-16(20)18(2)11-15(19)17-13-8-6-10-21-14-9-5-4-7-12(13)14/h3-5,7,9,13H,1,6,8,10-11H2,2H3,(H,17,19). The fourth-order valence-corrected chi connectivity index (χ4v) is 2.36. The summed E-state index contributed by atoms with van der Waals surface area (Å²) in [6, 6.07) is 7.64. The summed E-state index contributed by atoms with van der Waals surface area (Å²) in [5.41, 5.74) is 0.987. The molecule has 0 radical (unpaired) electrons. The molecule has 5 heteroatoms. The number of ether oxygens (including phenoxy) is 1. The molecule has 21 heavy (non-hydrogen) atoms. The fourth-order valence-electron chi connectivity index (χ4n) is 2.36. The molecule has 2 rings (SSSR count). The summed E-state index contributed by atoms with van der Waals surface area (Å²) < 4.78 is 5.67. The lowest BCUT2D eigenvalue weighted by molar-refractivity contribution is -0.131. The molecular formula is C16H20N2O3. The molecule has 0 saturated carbocycles. The summed E-state index contributed by atoms with van der Waals surface area (Å²) in [6.45, 7) is 4.08. The van der Waals surface area contributed by atoms with Gasteiger partial charge in [0.2, 0.25) is 11.8 Å². The Kier molecular flexibility index (Phi) is 4.98. The number of nitrogens with zero attached hydrogens (tertiary/aromatic N) is 1. The van der Waals surface area contributed by atoms with Crippen molar-refractivity contribution < 1.29 is 14.3 Å². The Balaban J connectivity index is 2.03. The van der Waals surface area contributed by atoms with E-state index in [9.17, 15) is 9.59 Å². The Hall–Kier alpha value is -2.30. The molecule has 1 unspecified atom stereocenters. The Bertz CT molecular complexity index is 542. The molecule has 1 N–H and O–H groups in total. The van der Waals surface area contributed by atoms with Crippen molar-refractivity contribution in [1.29, 1.82) is 0 Å². The number of hydrogen-bond acceptors (Lipinski definition) is 3. The molecule has 0 aromatic heterocycles. The van der Waals surface area contributed by atoms with Crippen LogP contribution in [0.1, 0.15) is 24.4 Å². The zero-order chi connectivity index (χ0) is 15.2. The van der Waals surface area contributed by atoms with Crippen molar-refractivity contribution in [2.75, 3.05) is 20.2 Å². The van der Waals surface area contributed by atoms with Crippen LogP contribution in [0.4, 0.5) is 0 Å². The Labute approximate surface area is 124 Å². The first kappa shape index (κ1) is 15.1. The molecular weight excluding hydrogens is 268 g/mol. The smallest absolute Gasteiger partial charge is 0.246 e.